The number of nitrogens with one attached hydrogen (secondary N) is 2. The highest BCUT2D eigenvalue weighted by atomic mass is 35.5. The Morgan fingerprint density at radius 2 is 1.75 bits per heavy atom. The molecular formula is C17H16Cl2N2O2S. The Hall–Kier alpha value is -1.56. The van der Waals surface area contributed by atoms with Crippen molar-refractivity contribution in [2.75, 3.05) is 0 Å². The highest BCUT2D eigenvalue weighted by molar-refractivity contribution is 7.14. The molecule has 3 rings (SSSR count). The average Bonchev–Trinajstić information content (AvgIpc) is 2.86. The fourth-order valence-electron chi connectivity index (χ4n) is 2.70. The molecule has 0 aliphatic heterocycles. The van der Waals surface area contributed by atoms with Crippen molar-refractivity contribution in [3.05, 3.63) is 55.2 Å². The first-order valence-corrected chi connectivity index (χ1v) is 9.30. The van der Waals surface area contributed by atoms with E-state index in [2.05, 4.69) is 10.9 Å². The Morgan fingerprint density at radius 1 is 1.00 bits per heavy atom. The van der Waals surface area contributed by atoms with E-state index in [0.717, 1.165) is 19.3 Å². The standard InChI is InChI=1S/C17H16Cl2N2O2S/c18-12-7-4-6-11(15(12)19)16(22)20-21-17(23)14-9-10-5-2-1-3-8-13(10)24-14/h4,6-7,9H,1-3,5,8H2,(H,20,22)(H,21,23). The van der Waals surface area contributed by atoms with Gasteiger partial charge < -0.3 is 0 Å². The molecule has 2 aromatic rings. The Bertz CT molecular complexity index is 765. The molecule has 0 unspecified atom stereocenters. The van der Waals surface area contributed by atoms with Crippen LogP contribution in [0.25, 0.3) is 0 Å². The van der Waals surface area contributed by atoms with Crippen molar-refractivity contribution in [3.63, 3.8) is 0 Å². The molecule has 1 aliphatic carbocycles. The van der Waals surface area contributed by atoms with Crippen LogP contribution in [0.2, 0.25) is 10.0 Å². The maximum Gasteiger partial charge on any atom is 0.279 e. The lowest BCUT2D eigenvalue weighted by Gasteiger charge is -2.08. The first-order valence-electron chi connectivity index (χ1n) is 7.72. The molecular weight excluding hydrogens is 367 g/mol. The van der Waals surface area contributed by atoms with Crippen LogP contribution in [0, 0.1) is 0 Å². The van der Waals surface area contributed by atoms with Crippen molar-refractivity contribution in [1.29, 1.82) is 0 Å². The van der Waals surface area contributed by atoms with Gasteiger partial charge in [-0.3, -0.25) is 20.4 Å². The Kier molecular flexibility index (Phi) is 5.43. The summed E-state index contributed by atoms with van der Waals surface area (Å²) in [5.74, 6) is -0.825. The number of rotatable bonds is 2. The van der Waals surface area contributed by atoms with E-state index in [9.17, 15) is 9.59 Å². The number of hydrogen-bond acceptors (Lipinski definition) is 3. The smallest absolute Gasteiger partial charge is 0.267 e. The molecule has 0 atom stereocenters. The van der Waals surface area contributed by atoms with E-state index < -0.39 is 5.91 Å². The molecule has 0 bridgehead atoms. The molecule has 7 heteroatoms. The lowest BCUT2D eigenvalue weighted by atomic mass is 10.1. The van der Waals surface area contributed by atoms with Crippen molar-refractivity contribution in [1.82, 2.24) is 10.9 Å². The Balaban J connectivity index is 1.65. The van der Waals surface area contributed by atoms with Crippen molar-refractivity contribution in [3.8, 4) is 0 Å². The van der Waals surface area contributed by atoms with Crippen LogP contribution in [-0.4, -0.2) is 11.8 Å². The molecule has 4 nitrogen and oxygen atoms in total. The molecule has 0 saturated carbocycles. The van der Waals surface area contributed by atoms with E-state index in [-0.39, 0.29) is 21.5 Å². The largest absolute Gasteiger partial charge is 0.279 e. The van der Waals surface area contributed by atoms with Gasteiger partial charge in [-0.15, -0.1) is 11.3 Å². The van der Waals surface area contributed by atoms with Gasteiger partial charge in [0, 0.05) is 4.88 Å². The molecule has 0 fully saturated rings. The molecule has 24 heavy (non-hydrogen) atoms. The number of benzene rings is 1. The minimum atomic E-state index is -0.506. The van der Waals surface area contributed by atoms with Crippen molar-refractivity contribution < 1.29 is 9.59 Å². The maximum absolute atomic E-state index is 12.3. The first-order chi connectivity index (χ1) is 11.6. The van der Waals surface area contributed by atoms with E-state index in [4.69, 9.17) is 23.2 Å². The van der Waals surface area contributed by atoms with Gasteiger partial charge in [0.05, 0.1) is 20.5 Å². The van der Waals surface area contributed by atoms with E-state index in [0.29, 0.717) is 4.88 Å². The number of carbonyl (C=O) groups excluding carboxylic acids is 2. The third-order valence-electron chi connectivity index (χ3n) is 3.96. The first kappa shape index (κ1) is 17.3. The number of carbonyl (C=O) groups is 2. The van der Waals surface area contributed by atoms with Crippen molar-refractivity contribution in [2.24, 2.45) is 0 Å². The fourth-order valence-corrected chi connectivity index (χ4v) is 4.24. The number of thiophene rings is 1. The Morgan fingerprint density at radius 3 is 2.58 bits per heavy atom. The summed E-state index contributed by atoms with van der Waals surface area (Å²) in [7, 11) is 0. The van der Waals surface area contributed by atoms with Gasteiger partial charge in [-0.2, -0.15) is 0 Å². The summed E-state index contributed by atoms with van der Waals surface area (Å²) >= 11 is 13.4. The number of hydrazine groups is 1. The van der Waals surface area contributed by atoms with Gasteiger partial charge in [0.25, 0.3) is 11.8 Å². The molecule has 0 spiro atoms. The van der Waals surface area contributed by atoms with Crippen LogP contribution in [0.4, 0.5) is 0 Å². The van der Waals surface area contributed by atoms with Crippen LogP contribution < -0.4 is 10.9 Å². The summed E-state index contributed by atoms with van der Waals surface area (Å²) in [5, 5.41) is 0.450. The molecule has 126 valence electrons. The summed E-state index contributed by atoms with van der Waals surface area (Å²) < 4.78 is 0. The highest BCUT2D eigenvalue weighted by Crippen LogP contribution is 2.29. The number of fused-ring (bicyclic) bond motifs is 1. The van der Waals surface area contributed by atoms with Crippen molar-refractivity contribution in [2.45, 2.75) is 32.1 Å². The summed E-state index contributed by atoms with van der Waals surface area (Å²) in [6, 6.07) is 6.70. The van der Waals surface area contributed by atoms with Crippen LogP contribution in [0.5, 0.6) is 0 Å². The molecule has 1 aliphatic rings. The second kappa shape index (κ2) is 7.55. The summed E-state index contributed by atoms with van der Waals surface area (Å²) in [5.41, 5.74) is 6.29. The van der Waals surface area contributed by atoms with Crippen LogP contribution in [0.3, 0.4) is 0 Å². The Labute approximate surface area is 154 Å². The second-order valence-corrected chi connectivity index (χ2v) is 7.55. The average molecular weight is 383 g/mol. The normalized spacial score (nSPS) is 13.8. The zero-order chi connectivity index (χ0) is 17.1. The van der Waals surface area contributed by atoms with Crippen LogP contribution >= 0.6 is 34.5 Å². The van der Waals surface area contributed by atoms with Crippen LogP contribution in [0.1, 0.15) is 49.7 Å². The maximum atomic E-state index is 12.3. The third kappa shape index (κ3) is 3.74. The van der Waals surface area contributed by atoms with E-state index in [1.807, 2.05) is 6.07 Å². The van der Waals surface area contributed by atoms with Gasteiger partial charge in [-0.05, 0) is 49.4 Å². The molecule has 2 amide bonds. The highest BCUT2D eigenvalue weighted by Gasteiger charge is 2.18. The molecule has 2 N–H and O–H groups in total. The van der Waals surface area contributed by atoms with Gasteiger partial charge >= 0.3 is 0 Å². The number of hydrogen-bond donors (Lipinski definition) is 2. The molecule has 0 radical (unpaired) electrons. The summed E-state index contributed by atoms with van der Waals surface area (Å²) in [6.45, 7) is 0. The molecule has 1 aromatic heterocycles. The number of halogens is 2. The van der Waals surface area contributed by atoms with Crippen LogP contribution in [-0.2, 0) is 12.8 Å². The second-order valence-electron chi connectivity index (χ2n) is 5.63. The quantitative estimate of drug-likeness (QED) is 0.597. The summed E-state index contributed by atoms with van der Waals surface area (Å²) in [6.07, 6.45) is 5.61. The van der Waals surface area contributed by atoms with Gasteiger partial charge in [0.15, 0.2) is 0 Å². The lowest BCUT2D eigenvalue weighted by Crippen LogP contribution is -2.41. The van der Waals surface area contributed by atoms with Gasteiger partial charge in [-0.25, -0.2) is 0 Å². The van der Waals surface area contributed by atoms with E-state index in [1.165, 1.54) is 34.6 Å². The van der Waals surface area contributed by atoms with Gasteiger partial charge in [0.2, 0.25) is 0 Å². The lowest BCUT2D eigenvalue weighted by molar-refractivity contribution is 0.0849. The molecule has 0 saturated heterocycles. The number of amides is 2. The summed E-state index contributed by atoms with van der Waals surface area (Å²) in [4.78, 5) is 26.3. The SMILES string of the molecule is O=C(NNC(=O)c1cccc(Cl)c1Cl)c1cc2c(s1)CCCCC2. The zero-order valence-corrected chi connectivity index (χ0v) is 15.2. The molecule has 1 heterocycles. The van der Waals surface area contributed by atoms with Crippen LogP contribution in [0.15, 0.2) is 24.3 Å². The minimum Gasteiger partial charge on any atom is -0.267 e. The third-order valence-corrected chi connectivity index (χ3v) is 6.01. The minimum absolute atomic E-state index is 0.161. The van der Waals surface area contributed by atoms with Gasteiger partial charge in [-0.1, -0.05) is 35.7 Å². The number of aryl methyl sites for hydroxylation is 2. The topological polar surface area (TPSA) is 58.2 Å². The van der Waals surface area contributed by atoms with Gasteiger partial charge in [0.1, 0.15) is 0 Å². The monoisotopic (exact) mass is 382 g/mol. The fraction of sp³-hybridized carbons (Fsp3) is 0.294. The zero-order valence-electron chi connectivity index (χ0n) is 12.8. The van der Waals surface area contributed by atoms with Crippen molar-refractivity contribution >= 4 is 46.4 Å². The van der Waals surface area contributed by atoms with E-state index >= 15 is 0 Å². The van der Waals surface area contributed by atoms with E-state index in [1.54, 1.807) is 18.2 Å². The predicted molar refractivity (Wildman–Crippen MR) is 97.0 cm³/mol. The molecule has 1 aromatic carbocycles. The predicted octanol–water partition coefficient (Wildman–Crippen LogP) is 4.40.